The second kappa shape index (κ2) is 16.5. The molecule has 2 aliphatic rings. The molecule has 0 aliphatic carbocycles. The molecule has 0 radical (unpaired) electrons. The minimum atomic E-state index is -0.0682. The van der Waals surface area contributed by atoms with Crippen molar-refractivity contribution in [2.45, 2.75) is 119 Å². The standard InChI is InChI=1S/C67H70BN3O/c1-41-34-42(2)36-43(35-41)44-37-58-62-60(38-44)72-59-33-25-48(67(12,13)14)40-53(59)68(62)52-39-47(66(9,10)11)24-30-55(52)71(58)56-31-32-57(63-61(56)51-18-16-17-19-54(51)69(63)15)70(49-26-20-45(21-27-49)64(3,4)5)50-28-22-46(23-29-50)65(6,7)8/h16-40H,1-15H3. The van der Waals surface area contributed by atoms with E-state index in [4.69, 9.17) is 4.74 Å². The number of hydrogen-bond donors (Lipinski definition) is 0. The van der Waals surface area contributed by atoms with Gasteiger partial charge in [0.05, 0.1) is 16.9 Å². The molecular weight excluding hydrogens is 874 g/mol. The average molecular weight is 944 g/mol. The van der Waals surface area contributed by atoms with E-state index in [2.05, 4.69) is 270 Å². The first-order chi connectivity index (χ1) is 34.0. The molecule has 4 nitrogen and oxygen atoms in total. The summed E-state index contributed by atoms with van der Waals surface area (Å²) >= 11 is 0. The van der Waals surface area contributed by atoms with Crippen LogP contribution in [-0.4, -0.2) is 11.3 Å². The number of anilines is 6. The fourth-order valence-electron chi connectivity index (χ4n) is 11.5. The number of nitrogens with zero attached hydrogens (tertiary/aromatic N) is 3. The molecule has 0 saturated heterocycles. The predicted molar refractivity (Wildman–Crippen MR) is 311 cm³/mol. The first-order valence-corrected chi connectivity index (χ1v) is 26.0. The van der Waals surface area contributed by atoms with E-state index in [1.807, 2.05) is 0 Å². The third kappa shape index (κ3) is 7.91. The molecule has 3 heterocycles. The van der Waals surface area contributed by atoms with Crippen LogP contribution in [0.5, 0.6) is 11.5 Å². The minimum Gasteiger partial charge on any atom is -0.458 e. The summed E-state index contributed by atoms with van der Waals surface area (Å²) in [5.41, 5.74) is 22.9. The molecule has 72 heavy (non-hydrogen) atoms. The van der Waals surface area contributed by atoms with Crippen LogP contribution in [-0.2, 0) is 28.7 Å². The molecule has 0 fully saturated rings. The zero-order valence-corrected chi connectivity index (χ0v) is 45.3. The Balaban J connectivity index is 1.24. The van der Waals surface area contributed by atoms with E-state index in [0.29, 0.717) is 0 Å². The van der Waals surface area contributed by atoms with Gasteiger partial charge in [0.25, 0.3) is 6.71 Å². The van der Waals surface area contributed by atoms with E-state index >= 15 is 0 Å². The van der Waals surface area contributed by atoms with Gasteiger partial charge in [0.1, 0.15) is 11.5 Å². The minimum absolute atomic E-state index is 0.0243. The molecule has 362 valence electrons. The van der Waals surface area contributed by atoms with Gasteiger partial charge in [-0.3, -0.25) is 0 Å². The van der Waals surface area contributed by atoms with E-state index in [0.717, 1.165) is 45.5 Å². The molecule has 0 amide bonds. The van der Waals surface area contributed by atoms with Crippen LogP contribution < -0.4 is 30.9 Å². The van der Waals surface area contributed by atoms with Gasteiger partial charge >= 0.3 is 0 Å². The molecule has 8 aromatic carbocycles. The van der Waals surface area contributed by atoms with Gasteiger partial charge in [0, 0.05) is 46.1 Å². The Morgan fingerprint density at radius 2 is 0.972 bits per heavy atom. The van der Waals surface area contributed by atoms with Crippen molar-refractivity contribution in [3.05, 3.63) is 185 Å². The molecule has 1 aromatic heterocycles. The Morgan fingerprint density at radius 1 is 0.458 bits per heavy atom. The van der Waals surface area contributed by atoms with Crippen molar-refractivity contribution >= 4 is 79.0 Å². The average Bonchev–Trinajstić information content (AvgIpc) is 3.62. The highest BCUT2D eigenvalue weighted by Crippen LogP contribution is 2.51. The van der Waals surface area contributed by atoms with Crippen LogP contribution in [0.1, 0.15) is 116 Å². The van der Waals surface area contributed by atoms with Gasteiger partial charge in [-0.2, -0.15) is 0 Å². The number of aryl methyl sites for hydroxylation is 3. The van der Waals surface area contributed by atoms with Crippen LogP contribution in [0.15, 0.2) is 152 Å². The third-order valence-corrected chi connectivity index (χ3v) is 15.5. The highest BCUT2D eigenvalue weighted by Gasteiger charge is 2.44. The molecule has 0 unspecified atom stereocenters. The molecular formula is C67H70BN3O. The lowest BCUT2D eigenvalue weighted by atomic mass is 9.33. The third-order valence-electron chi connectivity index (χ3n) is 15.5. The Morgan fingerprint density at radius 3 is 1.56 bits per heavy atom. The van der Waals surface area contributed by atoms with Gasteiger partial charge in [-0.1, -0.05) is 179 Å². The lowest BCUT2D eigenvalue weighted by Crippen LogP contribution is -2.60. The van der Waals surface area contributed by atoms with Crippen molar-refractivity contribution in [3.8, 4) is 22.6 Å². The van der Waals surface area contributed by atoms with E-state index in [9.17, 15) is 0 Å². The zero-order chi connectivity index (χ0) is 51.0. The normalized spacial score (nSPS) is 13.5. The first-order valence-electron chi connectivity index (χ1n) is 26.0. The maximum Gasteiger partial charge on any atom is 0.256 e. The number of benzene rings is 8. The maximum absolute atomic E-state index is 7.24. The largest absolute Gasteiger partial charge is 0.458 e. The SMILES string of the molecule is Cc1cc(C)cc(-c2cc3c4c(c2)N(c2ccc(N(c5ccc(C(C)(C)C)cc5)c5ccc(C(C)(C)C)cc5)c5c2c2ccccc2n5C)c2ccc(C(C)(C)C)cc2B4c2cc(C(C)(C)C)ccc2O3)c1. The van der Waals surface area contributed by atoms with Crippen molar-refractivity contribution in [1.29, 1.82) is 0 Å². The monoisotopic (exact) mass is 944 g/mol. The quantitative estimate of drug-likeness (QED) is 0.160. The Bertz CT molecular complexity index is 3550. The molecule has 0 bridgehead atoms. The summed E-state index contributed by atoms with van der Waals surface area (Å²) in [6, 6.07) is 58.1. The zero-order valence-electron chi connectivity index (χ0n) is 45.3. The van der Waals surface area contributed by atoms with Crippen LogP contribution in [0.4, 0.5) is 34.1 Å². The van der Waals surface area contributed by atoms with Crippen molar-refractivity contribution in [2.24, 2.45) is 7.05 Å². The fraction of sp³-hybridized carbons (Fsp3) is 0.284. The second-order valence-electron chi connectivity index (χ2n) is 25.0. The summed E-state index contributed by atoms with van der Waals surface area (Å²) in [4.78, 5) is 5.06. The number of rotatable bonds is 5. The van der Waals surface area contributed by atoms with Crippen LogP contribution >= 0.6 is 0 Å². The first kappa shape index (κ1) is 47.4. The summed E-state index contributed by atoms with van der Waals surface area (Å²) < 4.78 is 9.67. The fourth-order valence-corrected chi connectivity index (χ4v) is 11.5. The second-order valence-corrected chi connectivity index (χ2v) is 25.0. The Hall–Kier alpha value is -6.98. The highest BCUT2D eigenvalue weighted by atomic mass is 16.5. The number of aromatic nitrogens is 1. The number of ether oxygens (including phenoxy) is 1. The highest BCUT2D eigenvalue weighted by molar-refractivity contribution is 6.99. The number of fused-ring (bicyclic) bond motifs is 7. The van der Waals surface area contributed by atoms with E-state index in [-0.39, 0.29) is 28.4 Å². The molecule has 0 atom stereocenters. The van der Waals surface area contributed by atoms with Crippen molar-refractivity contribution in [3.63, 3.8) is 0 Å². The maximum atomic E-state index is 7.24. The lowest BCUT2D eigenvalue weighted by molar-refractivity contribution is 0.486. The Labute approximate surface area is 429 Å². The van der Waals surface area contributed by atoms with E-state index < -0.39 is 0 Å². The Kier molecular flexibility index (Phi) is 10.9. The molecule has 5 heteroatoms. The van der Waals surface area contributed by atoms with Gasteiger partial charge < -0.3 is 19.1 Å². The molecule has 0 N–H and O–H groups in total. The van der Waals surface area contributed by atoms with E-state index in [1.54, 1.807) is 0 Å². The smallest absolute Gasteiger partial charge is 0.256 e. The summed E-state index contributed by atoms with van der Waals surface area (Å²) in [6.45, 7) is 32.0. The molecule has 0 spiro atoms. The number of para-hydroxylation sites is 1. The van der Waals surface area contributed by atoms with E-state index in [1.165, 1.54) is 82.8 Å². The molecule has 11 rings (SSSR count). The van der Waals surface area contributed by atoms with Crippen molar-refractivity contribution in [1.82, 2.24) is 4.57 Å². The summed E-state index contributed by atoms with van der Waals surface area (Å²) in [5.74, 6) is 1.84. The van der Waals surface area contributed by atoms with Gasteiger partial charge in [-0.05, 0) is 152 Å². The molecule has 2 aliphatic heterocycles. The van der Waals surface area contributed by atoms with Gasteiger partial charge in [0.15, 0.2) is 0 Å². The summed E-state index contributed by atoms with van der Waals surface area (Å²) in [5, 5.41) is 2.42. The van der Waals surface area contributed by atoms with Crippen LogP contribution in [0.25, 0.3) is 32.9 Å². The van der Waals surface area contributed by atoms with Crippen molar-refractivity contribution in [2.75, 3.05) is 9.80 Å². The van der Waals surface area contributed by atoms with Crippen LogP contribution in [0.3, 0.4) is 0 Å². The predicted octanol–water partition coefficient (Wildman–Crippen LogP) is 16.7. The lowest BCUT2D eigenvalue weighted by Gasteiger charge is -2.41. The molecule has 9 aromatic rings. The van der Waals surface area contributed by atoms with Gasteiger partial charge in [0.2, 0.25) is 0 Å². The summed E-state index contributed by atoms with van der Waals surface area (Å²) in [7, 11) is 2.25. The molecule has 0 saturated carbocycles. The van der Waals surface area contributed by atoms with Crippen LogP contribution in [0, 0.1) is 13.8 Å². The van der Waals surface area contributed by atoms with Crippen molar-refractivity contribution < 1.29 is 4.74 Å². The summed E-state index contributed by atoms with van der Waals surface area (Å²) in [6.07, 6.45) is 0. The van der Waals surface area contributed by atoms with Crippen LogP contribution in [0.2, 0.25) is 0 Å². The van der Waals surface area contributed by atoms with Gasteiger partial charge in [-0.15, -0.1) is 0 Å². The van der Waals surface area contributed by atoms with Gasteiger partial charge in [-0.25, -0.2) is 0 Å². The topological polar surface area (TPSA) is 20.6 Å². The number of hydrogen-bond acceptors (Lipinski definition) is 3.